The van der Waals surface area contributed by atoms with E-state index in [1.165, 1.54) is 5.56 Å². The quantitative estimate of drug-likeness (QED) is 0.417. The zero-order chi connectivity index (χ0) is 20.4. The summed E-state index contributed by atoms with van der Waals surface area (Å²) in [6, 6.07) is 20.6. The lowest BCUT2D eigenvalue weighted by atomic mass is 10.1. The number of benzene rings is 3. The highest BCUT2D eigenvalue weighted by Crippen LogP contribution is 2.30. The fourth-order valence-electron chi connectivity index (χ4n) is 2.94. The first-order valence-electron chi connectivity index (χ1n) is 8.99. The molecule has 0 atom stereocenters. The van der Waals surface area contributed by atoms with Crippen LogP contribution in [0.1, 0.15) is 11.1 Å². The van der Waals surface area contributed by atoms with Gasteiger partial charge in [0.2, 0.25) is 5.95 Å². The Balaban J connectivity index is 1.84. The molecule has 1 aromatic heterocycles. The molecule has 0 unspecified atom stereocenters. The number of aromatic nitrogens is 2. The average molecular weight is 422 g/mol. The van der Waals surface area contributed by atoms with E-state index in [2.05, 4.69) is 9.97 Å². The van der Waals surface area contributed by atoms with Crippen molar-refractivity contribution in [3.8, 4) is 0 Å². The molecule has 0 spiro atoms. The highest BCUT2D eigenvalue weighted by Gasteiger charge is 2.13. The summed E-state index contributed by atoms with van der Waals surface area (Å²) in [6.45, 7) is 2.04. The molecule has 0 bridgehead atoms. The fourth-order valence-corrected chi connectivity index (χ4v) is 3.23. The number of para-hydroxylation sites is 1. The van der Waals surface area contributed by atoms with Crippen molar-refractivity contribution in [2.24, 2.45) is 0 Å². The van der Waals surface area contributed by atoms with Gasteiger partial charge < -0.3 is 0 Å². The molecule has 3 aromatic carbocycles. The van der Waals surface area contributed by atoms with Crippen LogP contribution in [0.3, 0.4) is 0 Å². The van der Waals surface area contributed by atoms with Gasteiger partial charge in [0.25, 0.3) is 5.56 Å². The second kappa shape index (κ2) is 8.11. The first kappa shape index (κ1) is 19.2. The zero-order valence-corrected chi connectivity index (χ0v) is 17.1. The van der Waals surface area contributed by atoms with E-state index in [4.69, 9.17) is 23.2 Å². The van der Waals surface area contributed by atoms with E-state index in [-0.39, 0.29) is 5.56 Å². The Morgan fingerprint density at radius 1 is 0.966 bits per heavy atom. The van der Waals surface area contributed by atoms with E-state index in [9.17, 15) is 4.79 Å². The molecule has 1 N–H and O–H groups in total. The van der Waals surface area contributed by atoms with Crippen molar-refractivity contribution in [1.82, 2.24) is 9.97 Å². The molecule has 1 heterocycles. The minimum Gasteiger partial charge on any atom is -0.291 e. The summed E-state index contributed by atoms with van der Waals surface area (Å²) in [5.74, 6) is 0.385. The Kier molecular flexibility index (Phi) is 5.38. The molecule has 0 radical (unpaired) electrons. The van der Waals surface area contributed by atoms with Gasteiger partial charge in [-0.3, -0.25) is 14.7 Å². The second-order valence-electron chi connectivity index (χ2n) is 6.60. The standard InChI is InChI=1S/C23H17Cl2N3O/c1-15-6-8-16(9-7-15)12-13-28(17-10-11-19(24)20(25)14-17)23-26-21-5-3-2-4-18(21)22(29)27-23/h2-14H,1H3,(H,26,27,29). The maximum Gasteiger partial charge on any atom is 0.260 e. The summed E-state index contributed by atoms with van der Waals surface area (Å²) >= 11 is 12.3. The highest BCUT2D eigenvalue weighted by atomic mass is 35.5. The van der Waals surface area contributed by atoms with Crippen LogP contribution in [0.25, 0.3) is 17.0 Å². The number of halogens is 2. The third kappa shape index (κ3) is 4.19. The zero-order valence-electron chi connectivity index (χ0n) is 15.6. The van der Waals surface area contributed by atoms with Crippen LogP contribution in [-0.2, 0) is 0 Å². The van der Waals surface area contributed by atoms with E-state index < -0.39 is 0 Å². The van der Waals surface area contributed by atoms with Gasteiger partial charge in [-0.05, 0) is 48.9 Å². The van der Waals surface area contributed by atoms with E-state index >= 15 is 0 Å². The van der Waals surface area contributed by atoms with Crippen LogP contribution in [0.5, 0.6) is 0 Å². The van der Waals surface area contributed by atoms with Crippen molar-refractivity contribution < 1.29 is 0 Å². The number of nitrogens with one attached hydrogen (secondary N) is 1. The summed E-state index contributed by atoms with van der Waals surface area (Å²) in [5.41, 5.74) is 3.33. The number of hydrogen-bond donors (Lipinski definition) is 1. The maximum absolute atomic E-state index is 12.6. The number of H-pyrrole nitrogens is 1. The fraction of sp³-hybridized carbons (Fsp3) is 0.0435. The molecule has 4 rings (SSSR count). The Labute approximate surface area is 178 Å². The van der Waals surface area contributed by atoms with Crippen molar-refractivity contribution in [3.63, 3.8) is 0 Å². The Bertz CT molecular complexity index is 1260. The van der Waals surface area contributed by atoms with Gasteiger partial charge in [-0.2, -0.15) is 0 Å². The number of hydrogen-bond acceptors (Lipinski definition) is 3. The lowest BCUT2D eigenvalue weighted by molar-refractivity contribution is 1.08. The van der Waals surface area contributed by atoms with Crippen molar-refractivity contribution >= 4 is 51.8 Å². The van der Waals surface area contributed by atoms with Crippen LogP contribution in [0, 0.1) is 6.92 Å². The molecule has 0 amide bonds. The Morgan fingerprint density at radius 3 is 2.48 bits per heavy atom. The van der Waals surface area contributed by atoms with Crippen molar-refractivity contribution in [2.45, 2.75) is 6.92 Å². The molecule has 29 heavy (non-hydrogen) atoms. The lowest BCUT2D eigenvalue weighted by Gasteiger charge is -2.20. The van der Waals surface area contributed by atoms with E-state index in [1.54, 1.807) is 23.1 Å². The number of aryl methyl sites for hydroxylation is 1. The summed E-state index contributed by atoms with van der Waals surface area (Å²) in [7, 11) is 0. The van der Waals surface area contributed by atoms with E-state index in [1.807, 2.05) is 67.7 Å². The average Bonchev–Trinajstić information content (AvgIpc) is 2.72. The smallest absolute Gasteiger partial charge is 0.260 e. The molecular formula is C23H17Cl2N3O. The number of rotatable bonds is 4. The third-order valence-corrected chi connectivity index (χ3v) is 5.24. The monoisotopic (exact) mass is 421 g/mol. The Morgan fingerprint density at radius 2 is 1.72 bits per heavy atom. The van der Waals surface area contributed by atoms with Crippen LogP contribution in [-0.4, -0.2) is 9.97 Å². The minimum atomic E-state index is -0.209. The molecule has 0 saturated carbocycles. The summed E-state index contributed by atoms with van der Waals surface area (Å²) in [6.07, 6.45) is 3.79. The summed E-state index contributed by atoms with van der Waals surface area (Å²) < 4.78 is 0. The summed E-state index contributed by atoms with van der Waals surface area (Å²) in [4.78, 5) is 21.8. The number of fused-ring (bicyclic) bond motifs is 1. The van der Waals surface area contributed by atoms with Gasteiger partial charge in [0, 0.05) is 11.9 Å². The number of anilines is 2. The first-order valence-corrected chi connectivity index (χ1v) is 9.75. The predicted molar refractivity (Wildman–Crippen MR) is 121 cm³/mol. The first-order chi connectivity index (χ1) is 14.0. The number of aromatic amines is 1. The molecule has 0 aliphatic carbocycles. The molecule has 0 aliphatic rings. The van der Waals surface area contributed by atoms with Crippen LogP contribution >= 0.6 is 23.2 Å². The SMILES string of the molecule is Cc1ccc(C=CN(c2ccc(Cl)c(Cl)c2)c2nc3ccccc3c(=O)[nH]2)cc1. The Hall–Kier alpha value is -3.08. The predicted octanol–water partition coefficient (Wildman–Crippen LogP) is 6.35. The second-order valence-corrected chi connectivity index (χ2v) is 7.42. The van der Waals surface area contributed by atoms with Gasteiger partial charge in [-0.25, -0.2) is 4.98 Å². The van der Waals surface area contributed by atoms with Crippen molar-refractivity contribution in [2.75, 3.05) is 4.90 Å². The molecule has 4 aromatic rings. The minimum absolute atomic E-state index is 0.209. The van der Waals surface area contributed by atoms with Gasteiger partial charge in [0.05, 0.1) is 20.9 Å². The largest absolute Gasteiger partial charge is 0.291 e. The van der Waals surface area contributed by atoms with Gasteiger partial charge >= 0.3 is 0 Å². The summed E-state index contributed by atoms with van der Waals surface area (Å²) in [5, 5.41) is 1.41. The molecule has 0 aliphatic heterocycles. The van der Waals surface area contributed by atoms with Gasteiger partial charge in [-0.1, -0.05) is 65.2 Å². The van der Waals surface area contributed by atoms with Crippen LogP contribution in [0.2, 0.25) is 10.0 Å². The normalized spacial score (nSPS) is 11.3. The van der Waals surface area contributed by atoms with Crippen molar-refractivity contribution in [1.29, 1.82) is 0 Å². The molecule has 144 valence electrons. The maximum atomic E-state index is 12.6. The van der Waals surface area contributed by atoms with Gasteiger partial charge in [0.1, 0.15) is 0 Å². The molecule has 6 heteroatoms. The molecule has 4 nitrogen and oxygen atoms in total. The molecular weight excluding hydrogens is 405 g/mol. The van der Waals surface area contributed by atoms with E-state index in [0.29, 0.717) is 26.9 Å². The lowest BCUT2D eigenvalue weighted by Crippen LogP contribution is -2.18. The molecule has 0 fully saturated rings. The van der Waals surface area contributed by atoms with Gasteiger partial charge in [-0.15, -0.1) is 0 Å². The topological polar surface area (TPSA) is 49.0 Å². The van der Waals surface area contributed by atoms with E-state index in [0.717, 1.165) is 11.3 Å². The van der Waals surface area contributed by atoms with Crippen LogP contribution in [0.15, 0.2) is 77.7 Å². The molecule has 0 saturated heterocycles. The number of nitrogens with zero attached hydrogens (tertiary/aromatic N) is 2. The van der Waals surface area contributed by atoms with Crippen molar-refractivity contribution in [3.05, 3.63) is 104 Å². The third-order valence-electron chi connectivity index (χ3n) is 4.50. The van der Waals surface area contributed by atoms with Crippen LogP contribution in [0.4, 0.5) is 11.6 Å². The van der Waals surface area contributed by atoms with Gasteiger partial charge in [0.15, 0.2) is 0 Å². The highest BCUT2D eigenvalue weighted by molar-refractivity contribution is 6.42. The van der Waals surface area contributed by atoms with Crippen LogP contribution < -0.4 is 10.5 Å².